The Labute approximate surface area is 166 Å². The maximum atomic E-state index is 13.1. The Balaban J connectivity index is 1.78. The zero-order valence-electron chi connectivity index (χ0n) is 14.9. The predicted molar refractivity (Wildman–Crippen MR) is 100 cm³/mol. The molecule has 5 nitrogen and oxygen atoms in total. The van der Waals surface area contributed by atoms with Gasteiger partial charge < -0.3 is 9.64 Å². The van der Waals surface area contributed by atoms with Gasteiger partial charge in [-0.25, -0.2) is 8.42 Å². The van der Waals surface area contributed by atoms with Gasteiger partial charge in [0, 0.05) is 37.9 Å². The number of benzene rings is 2. The normalized spacial score (nSPS) is 16.2. The first-order valence-electron chi connectivity index (χ1n) is 8.39. The van der Waals surface area contributed by atoms with Crippen molar-refractivity contribution in [2.45, 2.75) is 11.1 Å². The van der Waals surface area contributed by atoms with Crippen LogP contribution in [0, 0.1) is 0 Å². The van der Waals surface area contributed by atoms with E-state index in [1.807, 2.05) is 29.2 Å². The van der Waals surface area contributed by atoms with E-state index in [0.717, 1.165) is 17.8 Å². The van der Waals surface area contributed by atoms with Crippen LogP contribution < -0.4 is 9.64 Å². The van der Waals surface area contributed by atoms with E-state index in [-0.39, 0.29) is 13.1 Å². The van der Waals surface area contributed by atoms with Crippen molar-refractivity contribution in [1.29, 1.82) is 0 Å². The standard InChI is InChI=1S/C18H18ClF3N2O3S/c1-27-14-4-2-3-13(11-14)23-7-9-24(10-8-23)28(25,26)15-5-6-17(19)16(12-15)18(20,21)22/h2-6,11-12H,7-10H2,1H3. The second-order valence-corrected chi connectivity index (χ2v) is 8.58. The summed E-state index contributed by atoms with van der Waals surface area (Å²) in [5.74, 6) is 0.688. The van der Waals surface area contributed by atoms with E-state index < -0.39 is 31.7 Å². The van der Waals surface area contributed by atoms with Gasteiger partial charge in [-0.2, -0.15) is 17.5 Å². The van der Waals surface area contributed by atoms with Gasteiger partial charge in [0.15, 0.2) is 0 Å². The Morgan fingerprint density at radius 1 is 1.04 bits per heavy atom. The van der Waals surface area contributed by atoms with Crippen molar-refractivity contribution in [3.05, 3.63) is 53.1 Å². The van der Waals surface area contributed by atoms with Gasteiger partial charge in [0.2, 0.25) is 10.0 Å². The van der Waals surface area contributed by atoms with E-state index >= 15 is 0 Å². The Kier molecular flexibility index (Phi) is 5.79. The maximum absolute atomic E-state index is 13.1. The number of rotatable bonds is 4. The molecule has 1 heterocycles. The third-order valence-corrected chi connectivity index (χ3v) is 6.76. The quantitative estimate of drug-likeness (QED) is 0.732. The molecule has 1 saturated heterocycles. The molecule has 1 aliphatic rings. The highest BCUT2D eigenvalue weighted by atomic mass is 35.5. The van der Waals surface area contributed by atoms with Crippen LogP contribution in [0.2, 0.25) is 5.02 Å². The van der Waals surface area contributed by atoms with E-state index in [4.69, 9.17) is 16.3 Å². The van der Waals surface area contributed by atoms with Crippen LogP contribution in [0.3, 0.4) is 0 Å². The molecule has 0 radical (unpaired) electrons. The number of piperazine rings is 1. The molecule has 0 bridgehead atoms. The van der Waals surface area contributed by atoms with E-state index in [1.54, 1.807) is 7.11 Å². The minimum absolute atomic E-state index is 0.156. The fraction of sp³-hybridized carbons (Fsp3) is 0.333. The Morgan fingerprint density at radius 2 is 1.71 bits per heavy atom. The van der Waals surface area contributed by atoms with Gasteiger partial charge in [0.05, 0.1) is 22.6 Å². The number of alkyl halides is 3. The molecule has 28 heavy (non-hydrogen) atoms. The summed E-state index contributed by atoms with van der Waals surface area (Å²) in [5, 5.41) is -0.533. The van der Waals surface area contributed by atoms with Crippen LogP contribution in [0.25, 0.3) is 0 Å². The molecule has 0 saturated carbocycles. The van der Waals surface area contributed by atoms with Crippen molar-refractivity contribution in [2.75, 3.05) is 38.2 Å². The fourth-order valence-corrected chi connectivity index (χ4v) is 4.70. The molecule has 0 spiro atoms. The molecule has 0 atom stereocenters. The molecule has 0 unspecified atom stereocenters. The smallest absolute Gasteiger partial charge is 0.417 e. The lowest BCUT2D eigenvalue weighted by Gasteiger charge is -2.35. The van der Waals surface area contributed by atoms with Crippen molar-refractivity contribution < 1.29 is 26.3 Å². The van der Waals surface area contributed by atoms with Crippen LogP contribution in [0.4, 0.5) is 18.9 Å². The SMILES string of the molecule is COc1cccc(N2CCN(S(=O)(=O)c3ccc(Cl)c(C(F)(F)F)c3)CC2)c1. The lowest BCUT2D eigenvalue weighted by atomic mass is 10.2. The molecule has 0 aromatic heterocycles. The van der Waals surface area contributed by atoms with E-state index in [0.29, 0.717) is 24.9 Å². The summed E-state index contributed by atoms with van der Waals surface area (Å²) < 4.78 is 71.1. The Bertz CT molecular complexity index is 959. The highest BCUT2D eigenvalue weighted by Crippen LogP contribution is 2.36. The van der Waals surface area contributed by atoms with Gasteiger partial charge in [-0.15, -0.1) is 0 Å². The molecule has 1 fully saturated rings. The molecule has 152 valence electrons. The summed E-state index contributed by atoms with van der Waals surface area (Å²) in [6.07, 6.45) is -4.73. The number of ether oxygens (including phenoxy) is 1. The average Bonchev–Trinajstić information content (AvgIpc) is 2.67. The predicted octanol–water partition coefficient (Wildman–Crippen LogP) is 3.88. The first-order valence-corrected chi connectivity index (χ1v) is 10.2. The molecule has 1 aliphatic heterocycles. The molecule has 3 rings (SSSR count). The van der Waals surface area contributed by atoms with Crippen LogP contribution in [-0.4, -0.2) is 46.0 Å². The minimum Gasteiger partial charge on any atom is -0.497 e. The van der Waals surface area contributed by atoms with Crippen molar-refractivity contribution >= 4 is 27.3 Å². The zero-order chi connectivity index (χ0) is 20.5. The van der Waals surface area contributed by atoms with Gasteiger partial charge in [-0.05, 0) is 30.3 Å². The number of methoxy groups -OCH3 is 1. The summed E-state index contributed by atoms with van der Waals surface area (Å²) in [5.41, 5.74) is -0.271. The third-order valence-electron chi connectivity index (χ3n) is 4.54. The first-order chi connectivity index (χ1) is 13.1. The lowest BCUT2D eigenvalue weighted by molar-refractivity contribution is -0.137. The first kappa shape index (κ1) is 20.8. The number of halogens is 4. The highest BCUT2D eigenvalue weighted by molar-refractivity contribution is 7.89. The van der Waals surface area contributed by atoms with Crippen LogP contribution in [0.15, 0.2) is 47.4 Å². The third kappa shape index (κ3) is 4.21. The monoisotopic (exact) mass is 434 g/mol. The second-order valence-electron chi connectivity index (χ2n) is 6.23. The molecule has 0 aliphatic carbocycles. The van der Waals surface area contributed by atoms with Crippen molar-refractivity contribution in [1.82, 2.24) is 4.31 Å². The average molecular weight is 435 g/mol. The minimum atomic E-state index is -4.73. The Hall–Kier alpha value is -1.97. The number of hydrogen-bond donors (Lipinski definition) is 0. The topological polar surface area (TPSA) is 49.9 Å². The number of anilines is 1. The van der Waals surface area contributed by atoms with E-state index in [2.05, 4.69) is 0 Å². The largest absolute Gasteiger partial charge is 0.497 e. The van der Waals surface area contributed by atoms with Gasteiger partial charge in [-0.3, -0.25) is 0 Å². The van der Waals surface area contributed by atoms with Gasteiger partial charge >= 0.3 is 6.18 Å². The van der Waals surface area contributed by atoms with Gasteiger partial charge in [-0.1, -0.05) is 17.7 Å². The summed E-state index contributed by atoms with van der Waals surface area (Å²) in [6, 6.07) is 10.0. The van der Waals surface area contributed by atoms with Crippen LogP contribution in [-0.2, 0) is 16.2 Å². The number of hydrogen-bond acceptors (Lipinski definition) is 4. The molecule has 0 N–H and O–H groups in total. The maximum Gasteiger partial charge on any atom is 0.417 e. The van der Waals surface area contributed by atoms with Crippen molar-refractivity contribution in [3.63, 3.8) is 0 Å². The van der Waals surface area contributed by atoms with Gasteiger partial charge in [0.25, 0.3) is 0 Å². The fourth-order valence-electron chi connectivity index (χ4n) is 3.02. The molecule has 2 aromatic carbocycles. The van der Waals surface area contributed by atoms with E-state index in [1.165, 1.54) is 4.31 Å². The summed E-state index contributed by atoms with van der Waals surface area (Å²) in [4.78, 5) is 1.58. The van der Waals surface area contributed by atoms with Crippen LogP contribution >= 0.6 is 11.6 Å². The zero-order valence-corrected chi connectivity index (χ0v) is 16.5. The van der Waals surface area contributed by atoms with E-state index in [9.17, 15) is 21.6 Å². The molecule has 10 heteroatoms. The van der Waals surface area contributed by atoms with Crippen LogP contribution in [0.5, 0.6) is 5.75 Å². The molecule has 0 amide bonds. The number of sulfonamides is 1. The summed E-state index contributed by atoms with van der Waals surface area (Å²) >= 11 is 5.58. The van der Waals surface area contributed by atoms with Crippen LogP contribution in [0.1, 0.15) is 5.56 Å². The lowest BCUT2D eigenvalue weighted by Crippen LogP contribution is -2.48. The highest BCUT2D eigenvalue weighted by Gasteiger charge is 2.36. The molecular formula is C18H18ClF3N2O3S. The number of nitrogens with zero attached hydrogens (tertiary/aromatic N) is 2. The van der Waals surface area contributed by atoms with Crippen molar-refractivity contribution in [3.8, 4) is 5.75 Å². The van der Waals surface area contributed by atoms with Gasteiger partial charge in [0.1, 0.15) is 5.75 Å². The summed E-state index contributed by atoms with van der Waals surface area (Å²) in [6.45, 7) is 1.13. The molecular weight excluding hydrogens is 417 g/mol. The second kappa shape index (κ2) is 7.81. The molecule has 2 aromatic rings. The summed E-state index contributed by atoms with van der Waals surface area (Å²) in [7, 11) is -2.50. The van der Waals surface area contributed by atoms with Crippen molar-refractivity contribution in [2.24, 2.45) is 0 Å². The Morgan fingerprint density at radius 3 is 2.32 bits per heavy atom.